The number of aryl methyl sites for hydroxylation is 1. The predicted molar refractivity (Wildman–Crippen MR) is 84.7 cm³/mol. The van der Waals surface area contributed by atoms with Crippen molar-refractivity contribution >= 4 is 28.7 Å². The Morgan fingerprint density at radius 3 is 2.90 bits per heavy atom. The fraction of sp³-hybridized carbons (Fsp3) is 0.429. The highest BCUT2D eigenvalue weighted by atomic mass is 32.1. The summed E-state index contributed by atoms with van der Waals surface area (Å²) >= 11 is 3.32. The second-order valence-electron chi connectivity index (χ2n) is 4.75. The summed E-state index contributed by atoms with van der Waals surface area (Å²) in [6.45, 7) is 5.33. The molecule has 0 spiro atoms. The maximum atomic E-state index is 11.7. The number of urea groups is 1. The fourth-order valence-corrected chi connectivity index (χ4v) is 3.31. The highest BCUT2D eigenvalue weighted by Crippen LogP contribution is 2.18. The van der Waals surface area contributed by atoms with E-state index in [0.717, 1.165) is 17.1 Å². The summed E-state index contributed by atoms with van der Waals surface area (Å²) in [5.74, 6) is 0.247. The molecule has 0 saturated heterocycles. The number of carbonyl (C=O) groups excluding carboxylic acids is 1. The smallest absolute Gasteiger partial charge is 0.314 e. The number of aromatic nitrogens is 1. The van der Waals surface area contributed by atoms with Crippen LogP contribution in [-0.4, -0.2) is 24.1 Å². The summed E-state index contributed by atoms with van der Waals surface area (Å²) in [7, 11) is 0. The van der Waals surface area contributed by atoms with Crippen LogP contribution in [0.1, 0.15) is 29.1 Å². The highest BCUT2D eigenvalue weighted by Gasteiger charge is 2.10. The van der Waals surface area contributed by atoms with E-state index >= 15 is 0 Å². The van der Waals surface area contributed by atoms with E-state index in [0.29, 0.717) is 13.1 Å². The molecule has 2 heterocycles. The standard InChI is InChI=1S/C14H19N3OS2/c1-10(13-17-11(2)8-20-13)7-16-14(18)15-5-3-12-4-6-19-9-12/h4,6,8-10H,3,5,7H2,1-2H3,(H2,15,16,18)/t10-/m0/s1. The van der Waals surface area contributed by atoms with Crippen LogP contribution in [0.2, 0.25) is 0 Å². The first kappa shape index (κ1) is 15.0. The van der Waals surface area contributed by atoms with E-state index in [1.54, 1.807) is 22.7 Å². The summed E-state index contributed by atoms with van der Waals surface area (Å²) < 4.78 is 0. The molecule has 20 heavy (non-hydrogen) atoms. The van der Waals surface area contributed by atoms with Crippen LogP contribution >= 0.6 is 22.7 Å². The maximum Gasteiger partial charge on any atom is 0.314 e. The Hall–Kier alpha value is -1.40. The number of rotatable bonds is 6. The third-order valence-electron chi connectivity index (χ3n) is 2.91. The Morgan fingerprint density at radius 2 is 2.25 bits per heavy atom. The molecule has 1 atom stereocenters. The van der Waals surface area contributed by atoms with E-state index in [1.165, 1.54) is 5.56 Å². The van der Waals surface area contributed by atoms with Crippen molar-refractivity contribution in [2.24, 2.45) is 0 Å². The van der Waals surface area contributed by atoms with Crippen LogP contribution in [0.5, 0.6) is 0 Å². The number of thiazole rings is 1. The van der Waals surface area contributed by atoms with Gasteiger partial charge < -0.3 is 10.6 Å². The number of nitrogens with zero attached hydrogens (tertiary/aromatic N) is 1. The second kappa shape index (κ2) is 7.40. The van der Waals surface area contributed by atoms with Gasteiger partial charge in [0.05, 0.1) is 5.01 Å². The SMILES string of the molecule is Cc1csc([C@@H](C)CNC(=O)NCCc2ccsc2)n1. The van der Waals surface area contributed by atoms with Gasteiger partial charge in [-0.1, -0.05) is 6.92 Å². The topological polar surface area (TPSA) is 54.0 Å². The van der Waals surface area contributed by atoms with Gasteiger partial charge in [0.1, 0.15) is 0 Å². The lowest BCUT2D eigenvalue weighted by molar-refractivity contribution is 0.240. The molecule has 0 aliphatic carbocycles. The van der Waals surface area contributed by atoms with Gasteiger partial charge in [-0.05, 0) is 35.7 Å². The lowest BCUT2D eigenvalue weighted by Crippen LogP contribution is -2.38. The Balaban J connectivity index is 1.64. The van der Waals surface area contributed by atoms with E-state index in [-0.39, 0.29) is 11.9 Å². The summed E-state index contributed by atoms with van der Waals surface area (Å²) in [5, 5.41) is 13.0. The van der Waals surface area contributed by atoms with E-state index in [2.05, 4.69) is 34.0 Å². The number of nitrogens with one attached hydrogen (secondary N) is 2. The van der Waals surface area contributed by atoms with Crippen molar-refractivity contribution in [3.05, 3.63) is 38.5 Å². The summed E-state index contributed by atoms with van der Waals surface area (Å²) in [4.78, 5) is 16.1. The molecule has 0 unspecified atom stereocenters. The molecular weight excluding hydrogens is 290 g/mol. The number of hydrogen-bond acceptors (Lipinski definition) is 4. The van der Waals surface area contributed by atoms with Gasteiger partial charge in [-0.25, -0.2) is 9.78 Å². The predicted octanol–water partition coefficient (Wildman–Crippen LogP) is 3.16. The van der Waals surface area contributed by atoms with Crippen molar-refractivity contribution < 1.29 is 4.79 Å². The molecule has 0 aromatic carbocycles. The van der Waals surface area contributed by atoms with Gasteiger partial charge in [-0.2, -0.15) is 11.3 Å². The van der Waals surface area contributed by atoms with E-state index < -0.39 is 0 Å². The molecule has 2 aromatic rings. The average molecular weight is 309 g/mol. The minimum atomic E-state index is -0.111. The Morgan fingerprint density at radius 1 is 1.40 bits per heavy atom. The lowest BCUT2D eigenvalue weighted by atomic mass is 10.2. The quantitative estimate of drug-likeness (QED) is 0.861. The molecular formula is C14H19N3OS2. The minimum Gasteiger partial charge on any atom is -0.338 e. The van der Waals surface area contributed by atoms with Crippen LogP contribution in [0.3, 0.4) is 0 Å². The van der Waals surface area contributed by atoms with Crippen LogP contribution in [-0.2, 0) is 6.42 Å². The fourth-order valence-electron chi connectivity index (χ4n) is 1.75. The van der Waals surface area contributed by atoms with Crippen molar-refractivity contribution in [2.45, 2.75) is 26.2 Å². The van der Waals surface area contributed by atoms with E-state index in [9.17, 15) is 4.79 Å². The van der Waals surface area contributed by atoms with Crippen LogP contribution in [0.15, 0.2) is 22.2 Å². The first-order chi connectivity index (χ1) is 9.65. The molecule has 4 nitrogen and oxygen atoms in total. The zero-order chi connectivity index (χ0) is 14.4. The first-order valence-electron chi connectivity index (χ1n) is 6.60. The molecule has 2 N–H and O–H groups in total. The Bertz CT molecular complexity index is 536. The van der Waals surface area contributed by atoms with Crippen molar-refractivity contribution in [3.8, 4) is 0 Å². The van der Waals surface area contributed by atoms with Gasteiger partial charge in [0.15, 0.2) is 0 Å². The van der Waals surface area contributed by atoms with Crippen LogP contribution < -0.4 is 10.6 Å². The summed E-state index contributed by atoms with van der Waals surface area (Å²) in [5.41, 5.74) is 2.30. The number of thiophene rings is 1. The summed E-state index contributed by atoms with van der Waals surface area (Å²) in [6, 6.07) is 1.97. The number of carbonyl (C=O) groups is 1. The molecule has 2 rings (SSSR count). The van der Waals surface area contributed by atoms with Crippen LogP contribution in [0, 0.1) is 6.92 Å². The molecule has 0 aliphatic rings. The molecule has 0 bridgehead atoms. The number of hydrogen-bond donors (Lipinski definition) is 2. The van der Waals surface area contributed by atoms with E-state index in [4.69, 9.17) is 0 Å². The Kier molecular flexibility index (Phi) is 5.55. The zero-order valence-corrected chi connectivity index (χ0v) is 13.3. The van der Waals surface area contributed by atoms with E-state index in [1.807, 2.05) is 17.7 Å². The van der Waals surface area contributed by atoms with Gasteiger partial charge in [0.2, 0.25) is 0 Å². The van der Waals surface area contributed by atoms with Gasteiger partial charge >= 0.3 is 6.03 Å². The number of amides is 2. The Labute approximate surface area is 127 Å². The average Bonchev–Trinajstić information content (AvgIpc) is 3.07. The normalized spacial score (nSPS) is 12.1. The lowest BCUT2D eigenvalue weighted by Gasteiger charge is -2.11. The van der Waals surface area contributed by atoms with Gasteiger partial charge in [0.25, 0.3) is 0 Å². The monoisotopic (exact) mass is 309 g/mol. The molecule has 0 saturated carbocycles. The van der Waals surface area contributed by atoms with Crippen LogP contribution in [0.25, 0.3) is 0 Å². The van der Waals surface area contributed by atoms with Crippen molar-refractivity contribution in [2.75, 3.05) is 13.1 Å². The van der Waals surface area contributed by atoms with Gasteiger partial charge in [0, 0.05) is 30.1 Å². The third kappa shape index (κ3) is 4.61. The van der Waals surface area contributed by atoms with Crippen molar-refractivity contribution in [1.29, 1.82) is 0 Å². The van der Waals surface area contributed by atoms with Gasteiger partial charge in [-0.15, -0.1) is 11.3 Å². The molecule has 0 aliphatic heterocycles. The minimum absolute atomic E-state index is 0.111. The second-order valence-corrected chi connectivity index (χ2v) is 6.42. The van der Waals surface area contributed by atoms with Gasteiger partial charge in [-0.3, -0.25) is 0 Å². The molecule has 0 fully saturated rings. The third-order valence-corrected chi connectivity index (χ3v) is 4.83. The maximum absolute atomic E-state index is 11.7. The first-order valence-corrected chi connectivity index (χ1v) is 8.42. The molecule has 2 aromatic heterocycles. The van der Waals surface area contributed by atoms with Crippen molar-refractivity contribution in [1.82, 2.24) is 15.6 Å². The molecule has 0 radical (unpaired) electrons. The molecule has 6 heteroatoms. The van der Waals surface area contributed by atoms with Crippen LogP contribution in [0.4, 0.5) is 4.79 Å². The zero-order valence-electron chi connectivity index (χ0n) is 11.7. The highest BCUT2D eigenvalue weighted by molar-refractivity contribution is 7.09. The largest absolute Gasteiger partial charge is 0.338 e. The van der Waals surface area contributed by atoms with Crippen molar-refractivity contribution in [3.63, 3.8) is 0 Å². The molecule has 2 amide bonds. The molecule has 108 valence electrons. The summed E-state index contributed by atoms with van der Waals surface area (Å²) in [6.07, 6.45) is 0.873.